The number of halogens is 3. The molecule has 1 heterocycles. The zero-order chi connectivity index (χ0) is 15.8. The smallest absolute Gasteiger partial charge is 0.422 e. The molecule has 0 atom stereocenters. The van der Waals surface area contributed by atoms with Crippen LogP contribution in [-0.2, 0) is 10.9 Å². The van der Waals surface area contributed by atoms with Gasteiger partial charge in [0.05, 0.1) is 12.8 Å². The average Bonchev–Trinajstić information content (AvgIpc) is 2.76. The molecular formula is C13H12F3N3O2. The lowest BCUT2D eigenvalue weighted by Crippen LogP contribution is -2.14. The van der Waals surface area contributed by atoms with Gasteiger partial charge in [0.25, 0.3) is 0 Å². The number of anilines is 1. The van der Waals surface area contributed by atoms with E-state index in [4.69, 9.17) is 5.73 Å². The largest absolute Gasteiger partial charge is 0.464 e. The Kier molecular flexibility index (Phi) is 3.63. The predicted octanol–water partition coefficient (Wildman–Crippen LogP) is 2.57. The summed E-state index contributed by atoms with van der Waals surface area (Å²) in [4.78, 5) is 11.5. The summed E-state index contributed by atoms with van der Waals surface area (Å²) in [7, 11) is 0.976. The Morgan fingerprint density at radius 2 is 1.86 bits per heavy atom. The van der Waals surface area contributed by atoms with Crippen LogP contribution in [0.4, 0.5) is 19.0 Å². The normalized spacial score (nSPS) is 11.5. The van der Waals surface area contributed by atoms with Crippen LogP contribution in [0, 0.1) is 6.92 Å². The number of rotatable bonds is 2. The van der Waals surface area contributed by atoms with Gasteiger partial charge in [-0.3, -0.25) is 0 Å². The van der Waals surface area contributed by atoms with E-state index in [1.807, 2.05) is 6.92 Å². The number of benzene rings is 1. The van der Waals surface area contributed by atoms with Crippen LogP contribution in [0.3, 0.4) is 0 Å². The summed E-state index contributed by atoms with van der Waals surface area (Å²) < 4.78 is 44.4. The van der Waals surface area contributed by atoms with Gasteiger partial charge < -0.3 is 10.5 Å². The molecule has 1 aromatic carbocycles. The molecular weight excluding hydrogens is 287 g/mol. The lowest BCUT2D eigenvalue weighted by Gasteiger charge is -2.08. The summed E-state index contributed by atoms with van der Waals surface area (Å²) in [6.45, 7) is 1.83. The molecule has 2 aromatic rings. The number of nitrogen functional groups attached to an aromatic ring is 1. The number of aromatic nitrogens is 2. The molecule has 5 nitrogen and oxygen atoms in total. The third-order valence-corrected chi connectivity index (χ3v) is 2.86. The van der Waals surface area contributed by atoms with E-state index in [1.54, 1.807) is 24.3 Å². The van der Waals surface area contributed by atoms with E-state index in [0.29, 0.717) is 5.69 Å². The van der Waals surface area contributed by atoms with Crippen molar-refractivity contribution in [3.05, 3.63) is 41.1 Å². The minimum atomic E-state index is -4.81. The van der Waals surface area contributed by atoms with Gasteiger partial charge in [0.1, 0.15) is 11.4 Å². The minimum Gasteiger partial charge on any atom is -0.464 e. The van der Waals surface area contributed by atoms with Crippen molar-refractivity contribution in [2.24, 2.45) is 0 Å². The maximum atomic E-state index is 13.1. The fourth-order valence-electron chi connectivity index (χ4n) is 1.83. The van der Waals surface area contributed by atoms with E-state index in [0.717, 1.165) is 17.4 Å². The third-order valence-electron chi connectivity index (χ3n) is 2.86. The Morgan fingerprint density at radius 3 is 2.33 bits per heavy atom. The summed E-state index contributed by atoms with van der Waals surface area (Å²) in [5.74, 6) is -1.85. The lowest BCUT2D eigenvalue weighted by atomic mass is 10.2. The number of carbonyl (C=O) groups is 1. The molecule has 1 aromatic heterocycles. The van der Waals surface area contributed by atoms with Crippen LogP contribution >= 0.6 is 0 Å². The number of ether oxygens (including phenoxy) is 1. The Hall–Kier alpha value is -2.51. The second kappa shape index (κ2) is 5.12. The molecule has 0 saturated heterocycles. The summed E-state index contributed by atoms with van der Waals surface area (Å²) in [5, 5.41) is 3.64. The number of aryl methyl sites for hydroxylation is 1. The van der Waals surface area contributed by atoms with Gasteiger partial charge in [-0.2, -0.15) is 18.3 Å². The van der Waals surface area contributed by atoms with Gasteiger partial charge in [-0.1, -0.05) is 17.7 Å². The Morgan fingerprint density at radius 1 is 1.29 bits per heavy atom. The molecule has 2 rings (SSSR count). The van der Waals surface area contributed by atoms with Gasteiger partial charge in [-0.25, -0.2) is 9.48 Å². The van der Waals surface area contributed by atoms with E-state index >= 15 is 0 Å². The molecule has 2 N–H and O–H groups in total. The summed E-state index contributed by atoms with van der Waals surface area (Å²) in [5.41, 5.74) is 4.61. The lowest BCUT2D eigenvalue weighted by molar-refractivity contribution is -0.137. The molecule has 0 amide bonds. The van der Waals surface area contributed by atoms with Crippen molar-refractivity contribution in [2.75, 3.05) is 12.8 Å². The number of methoxy groups -OCH3 is 1. The molecule has 112 valence electrons. The number of alkyl halides is 3. The van der Waals surface area contributed by atoms with Crippen molar-refractivity contribution >= 4 is 11.8 Å². The van der Waals surface area contributed by atoms with Crippen molar-refractivity contribution in [3.8, 4) is 5.69 Å². The van der Waals surface area contributed by atoms with Crippen molar-refractivity contribution in [2.45, 2.75) is 13.1 Å². The molecule has 0 aliphatic heterocycles. The number of hydrogen-bond donors (Lipinski definition) is 1. The Bertz CT molecular complexity index is 675. The van der Waals surface area contributed by atoms with Gasteiger partial charge in [-0.15, -0.1) is 0 Å². The highest BCUT2D eigenvalue weighted by atomic mass is 19.4. The van der Waals surface area contributed by atoms with E-state index in [9.17, 15) is 18.0 Å². The van der Waals surface area contributed by atoms with Crippen LogP contribution in [0.5, 0.6) is 0 Å². The number of nitrogens with two attached hydrogens (primary N) is 1. The van der Waals surface area contributed by atoms with Crippen molar-refractivity contribution in [3.63, 3.8) is 0 Å². The zero-order valence-electron chi connectivity index (χ0n) is 11.2. The molecule has 0 aliphatic rings. The minimum absolute atomic E-state index is 0.318. The second-order valence-corrected chi connectivity index (χ2v) is 4.35. The first-order chi connectivity index (χ1) is 9.75. The molecule has 21 heavy (non-hydrogen) atoms. The molecule has 0 saturated carbocycles. The standard InChI is InChI=1S/C13H12F3N3O2/c1-7-3-5-8(6-4-7)19-11(17)9(13(14,15)16)10(18-19)12(20)21-2/h3-6H,17H2,1-2H3. The Balaban J connectivity index is 2.67. The van der Waals surface area contributed by atoms with Crippen LogP contribution in [0.1, 0.15) is 21.6 Å². The van der Waals surface area contributed by atoms with E-state index in [1.165, 1.54) is 0 Å². The number of nitrogens with zero attached hydrogens (tertiary/aromatic N) is 2. The number of esters is 1. The first-order valence-corrected chi connectivity index (χ1v) is 5.86. The van der Waals surface area contributed by atoms with Crippen LogP contribution in [-0.4, -0.2) is 22.9 Å². The molecule has 0 aliphatic carbocycles. The fourth-order valence-corrected chi connectivity index (χ4v) is 1.83. The fraction of sp³-hybridized carbons (Fsp3) is 0.231. The first-order valence-electron chi connectivity index (χ1n) is 5.86. The topological polar surface area (TPSA) is 70.1 Å². The average molecular weight is 299 g/mol. The van der Waals surface area contributed by atoms with E-state index < -0.39 is 29.2 Å². The highest BCUT2D eigenvalue weighted by Gasteiger charge is 2.42. The van der Waals surface area contributed by atoms with Crippen molar-refractivity contribution in [1.29, 1.82) is 0 Å². The monoisotopic (exact) mass is 299 g/mol. The maximum Gasteiger partial charge on any atom is 0.422 e. The van der Waals surface area contributed by atoms with Gasteiger partial charge in [0, 0.05) is 0 Å². The summed E-state index contributed by atoms with van der Waals surface area (Å²) in [6.07, 6.45) is -4.81. The van der Waals surface area contributed by atoms with Crippen LogP contribution < -0.4 is 5.73 Å². The van der Waals surface area contributed by atoms with Gasteiger partial charge in [-0.05, 0) is 19.1 Å². The quantitative estimate of drug-likeness (QED) is 0.865. The van der Waals surface area contributed by atoms with Crippen LogP contribution in [0.2, 0.25) is 0 Å². The number of hydrogen-bond acceptors (Lipinski definition) is 4. The van der Waals surface area contributed by atoms with Crippen molar-refractivity contribution in [1.82, 2.24) is 9.78 Å². The van der Waals surface area contributed by atoms with E-state index in [-0.39, 0.29) is 0 Å². The SMILES string of the molecule is COC(=O)c1nn(-c2ccc(C)cc2)c(N)c1C(F)(F)F. The molecule has 0 fully saturated rings. The van der Waals surface area contributed by atoms with Crippen molar-refractivity contribution < 1.29 is 22.7 Å². The van der Waals surface area contributed by atoms with Gasteiger partial charge >= 0.3 is 12.1 Å². The summed E-state index contributed by atoms with van der Waals surface area (Å²) >= 11 is 0. The molecule has 0 unspecified atom stereocenters. The predicted molar refractivity (Wildman–Crippen MR) is 69.1 cm³/mol. The third kappa shape index (κ3) is 2.69. The van der Waals surface area contributed by atoms with Crippen LogP contribution in [0.25, 0.3) is 5.69 Å². The first kappa shape index (κ1) is 14.9. The molecule has 8 heteroatoms. The molecule has 0 spiro atoms. The Labute approximate surface area is 118 Å². The highest BCUT2D eigenvalue weighted by molar-refractivity contribution is 5.90. The molecule has 0 bridgehead atoms. The second-order valence-electron chi connectivity index (χ2n) is 4.35. The highest BCUT2D eigenvalue weighted by Crippen LogP contribution is 2.37. The molecule has 0 radical (unpaired) electrons. The zero-order valence-corrected chi connectivity index (χ0v) is 11.2. The van der Waals surface area contributed by atoms with E-state index in [2.05, 4.69) is 9.84 Å². The van der Waals surface area contributed by atoms with Gasteiger partial charge in [0.15, 0.2) is 5.69 Å². The maximum absolute atomic E-state index is 13.1. The van der Waals surface area contributed by atoms with Crippen LogP contribution in [0.15, 0.2) is 24.3 Å². The number of carbonyl (C=O) groups excluding carboxylic acids is 1. The summed E-state index contributed by atoms with van der Waals surface area (Å²) in [6, 6.07) is 6.50. The van der Waals surface area contributed by atoms with Gasteiger partial charge in [0.2, 0.25) is 0 Å².